The van der Waals surface area contributed by atoms with Crippen LogP contribution < -0.4 is 10.4 Å². The van der Waals surface area contributed by atoms with Gasteiger partial charge in [0.25, 0.3) is 0 Å². The molecule has 1 aromatic rings. The first-order valence-electron chi connectivity index (χ1n) is 6.48. The molecule has 18 heavy (non-hydrogen) atoms. The first kappa shape index (κ1) is 13.4. The zero-order valence-electron chi connectivity index (χ0n) is 11.9. The van der Waals surface area contributed by atoms with Crippen LogP contribution in [-0.4, -0.2) is 32.9 Å². The summed E-state index contributed by atoms with van der Waals surface area (Å²) in [6.45, 7) is 6.34. The molecule has 0 aromatic heterocycles. The van der Waals surface area contributed by atoms with Crippen molar-refractivity contribution in [3.63, 3.8) is 0 Å². The minimum absolute atomic E-state index is 0.122. The van der Waals surface area contributed by atoms with E-state index in [0.717, 1.165) is 11.9 Å². The quantitative estimate of drug-likeness (QED) is 0.746. The number of hydrogen-bond acceptors (Lipinski definition) is 3. The Hall–Kier alpha value is -0.995. The van der Waals surface area contributed by atoms with Gasteiger partial charge in [-0.15, -0.1) is 0 Å². The maximum absolute atomic E-state index is 5.99. The first-order valence-corrected chi connectivity index (χ1v) is 6.48. The average molecular weight is 247 g/mol. The van der Waals surface area contributed by atoms with Gasteiger partial charge in [0.2, 0.25) is 0 Å². The normalized spacial score (nSPS) is 22.9. The minimum atomic E-state index is -0.250. The van der Waals surface area contributed by atoms with Crippen molar-refractivity contribution in [1.29, 1.82) is 0 Å². The molecule has 1 heterocycles. The highest BCUT2D eigenvalue weighted by molar-refractivity contribution is 6.61. The fourth-order valence-corrected chi connectivity index (χ4v) is 2.39. The topological polar surface area (TPSA) is 21.7 Å². The number of nitrogens with zero attached hydrogens (tertiary/aromatic N) is 1. The van der Waals surface area contributed by atoms with Gasteiger partial charge >= 0.3 is 7.12 Å². The molecule has 1 unspecified atom stereocenters. The van der Waals surface area contributed by atoms with E-state index in [2.05, 4.69) is 49.9 Å². The molecule has 2 rings (SSSR count). The Morgan fingerprint density at radius 2 is 1.83 bits per heavy atom. The monoisotopic (exact) mass is 247 g/mol. The molecule has 0 aliphatic carbocycles. The molecule has 1 aliphatic rings. The molecule has 0 spiro atoms. The molecule has 4 heteroatoms. The molecule has 3 nitrogen and oxygen atoms in total. The third-order valence-corrected chi connectivity index (χ3v) is 3.24. The van der Waals surface area contributed by atoms with E-state index in [9.17, 15) is 0 Å². The summed E-state index contributed by atoms with van der Waals surface area (Å²) in [7, 11) is 3.82. The second-order valence-electron chi connectivity index (χ2n) is 5.85. The average Bonchev–Trinajstić information content (AvgIpc) is 2.26. The van der Waals surface area contributed by atoms with Crippen molar-refractivity contribution >= 4 is 18.3 Å². The summed E-state index contributed by atoms with van der Waals surface area (Å²) in [4.78, 5) is 2.08. The van der Waals surface area contributed by atoms with E-state index in [-0.39, 0.29) is 18.8 Å². The summed E-state index contributed by atoms with van der Waals surface area (Å²) in [5.41, 5.74) is 2.14. The summed E-state index contributed by atoms with van der Waals surface area (Å²) in [5.74, 6) is 0. The van der Waals surface area contributed by atoms with Crippen molar-refractivity contribution in [1.82, 2.24) is 0 Å². The van der Waals surface area contributed by atoms with E-state index in [0.29, 0.717) is 0 Å². The largest absolute Gasteiger partial charge is 0.494 e. The first-order chi connectivity index (χ1) is 8.37. The molecular formula is C14H22BNO2. The molecular weight excluding hydrogens is 225 g/mol. The molecule has 0 N–H and O–H groups in total. The standard InChI is InChI=1S/C14H22BNO2/c1-11-10-14(2,3)18-15(17-11)12-6-8-13(9-7-12)16(4)5/h6-9,11H,10H2,1-5H3. The van der Waals surface area contributed by atoms with Crippen LogP contribution in [0.3, 0.4) is 0 Å². The van der Waals surface area contributed by atoms with E-state index in [1.54, 1.807) is 0 Å². The molecule has 1 fully saturated rings. The van der Waals surface area contributed by atoms with Gasteiger partial charge in [0, 0.05) is 25.9 Å². The molecule has 0 saturated carbocycles. The van der Waals surface area contributed by atoms with E-state index in [1.807, 2.05) is 14.1 Å². The van der Waals surface area contributed by atoms with E-state index in [1.165, 1.54) is 5.69 Å². The van der Waals surface area contributed by atoms with Gasteiger partial charge in [-0.25, -0.2) is 0 Å². The molecule has 1 atom stereocenters. The fraction of sp³-hybridized carbons (Fsp3) is 0.571. The Labute approximate surface area is 110 Å². The summed E-state index contributed by atoms with van der Waals surface area (Å²) in [6.07, 6.45) is 1.16. The lowest BCUT2D eigenvalue weighted by Crippen LogP contribution is -2.51. The smallest absolute Gasteiger partial charge is 0.405 e. The van der Waals surface area contributed by atoms with Gasteiger partial charge < -0.3 is 14.2 Å². The van der Waals surface area contributed by atoms with Crippen LogP contribution in [0, 0.1) is 0 Å². The van der Waals surface area contributed by atoms with Crippen molar-refractivity contribution in [2.75, 3.05) is 19.0 Å². The van der Waals surface area contributed by atoms with Crippen molar-refractivity contribution in [3.8, 4) is 0 Å². The van der Waals surface area contributed by atoms with Crippen LogP contribution in [0.5, 0.6) is 0 Å². The van der Waals surface area contributed by atoms with Gasteiger partial charge in [-0.3, -0.25) is 0 Å². The van der Waals surface area contributed by atoms with Crippen molar-refractivity contribution in [2.45, 2.75) is 38.9 Å². The zero-order chi connectivity index (χ0) is 13.3. The SMILES string of the molecule is CC1CC(C)(C)OB(c2ccc(N(C)C)cc2)O1. The zero-order valence-corrected chi connectivity index (χ0v) is 11.9. The maximum Gasteiger partial charge on any atom is 0.494 e. The lowest BCUT2D eigenvalue weighted by molar-refractivity contribution is -0.0229. The highest BCUT2D eigenvalue weighted by atomic mass is 16.6. The lowest BCUT2D eigenvalue weighted by Gasteiger charge is -2.38. The number of anilines is 1. The van der Waals surface area contributed by atoms with Crippen molar-refractivity contribution in [2.24, 2.45) is 0 Å². The Kier molecular flexibility index (Phi) is 3.69. The third kappa shape index (κ3) is 3.06. The van der Waals surface area contributed by atoms with Gasteiger partial charge in [0.15, 0.2) is 0 Å². The van der Waals surface area contributed by atoms with Crippen molar-refractivity contribution < 1.29 is 9.31 Å². The minimum Gasteiger partial charge on any atom is -0.405 e. The lowest BCUT2D eigenvalue weighted by atomic mass is 9.75. The van der Waals surface area contributed by atoms with Crippen LogP contribution in [0.2, 0.25) is 0 Å². The molecule has 1 aromatic carbocycles. The molecule has 0 bridgehead atoms. The van der Waals surface area contributed by atoms with Gasteiger partial charge in [-0.05, 0) is 44.8 Å². The Morgan fingerprint density at radius 1 is 1.22 bits per heavy atom. The summed E-state index contributed by atoms with van der Waals surface area (Å²) >= 11 is 0. The van der Waals surface area contributed by atoms with Crippen LogP contribution in [-0.2, 0) is 9.31 Å². The van der Waals surface area contributed by atoms with E-state index in [4.69, 9.17) is 9.31 Å². The number of rotatable bonds is 2. The van der Waals surface area contributed by atoms with Crippen molar-refractivity contribution in [3.05, 3.63) is 24.3 Å². The Morgan fingerprint density at radius 3 is 2.33 bits per heavy atom. The van der Waals surface area contributed by atoms with Crippen LogP contribution in [0.25, 0.3) is 0 Å². The van der Waals surface area contributed by atoms with E-state index < -0.39 is 0 Å². The van der Waals surface area contributed by atoms with Gasteiger partial charge in [-0.1, -0.05) is 12.1 Å². The molecule has 0 radical (unpaired) electrons. The molecule has 0 amide bonds. The second-order valence-corrected chi connectivity index (χ2v) is 5.85. The molecule has 1 aliphatic heterocycles. The summed E-state index contributed by atoms with van der Waals surface area (Å²) < 4.78 is 11.9. The highest BCUT2D eigenvalue weighted by Gasteiger charge is 2.37. The fourth-order valence-electron chi connectivity index (χ4n) is 2.39. The van der Waals surface area contributed by atoms with E-state index >= 15 is 0 Å². The second kappa shape index (κ2) is 4.94. The molecule has 1 saturated heterocycles. The number of hydrogen-bond donors (Lipinski definition) is 0. The van der Waals surface area contributed by atoms with Gasteiger partial charge in [-0.2, -0.15) is 0 Å². The van der Waals surface area contributed by atoms with Gasteiger partial charge in [0.05, 0.1) is 5.60 Å². The third-order valence-electron chi connectivity index (χ3n) is 3.24. The predicted octanol–water partition coefficient (Wildman–Crippen LogP) is 2.05. The maximum atomic E-state index is 5.99. The van der Waals surface area contributed by atoms with Crippen LogP contribution >= 0.6 is 0 Å². The summed E-state index contributed by atoms with van der Waals surface area (Å²) in [6, 6.07) is 8.34. The van der Waals surface area contributed by atoms with Gasteiger partial charge in [0.1, 0.15) is 0 Å². The highest BCUT2D eigenvalue weighted by Crippen LogP contribution is 2.25. The Bertz CT molecular complexity index is 403. The summed E-state index contributed by atoms with van der Waals surface area (Å²) in [5, 5.41) is 0. The molecule has 98 valence electrons. The van der Waals surface area contributed by atoms with Crippen LogP contribution in [0.15, 0.2) is 24.3 Å². The number of benzene rings is 1. The predicted molar refractivity (Wildman–Crippen MR) is 76.5 cm³/mol. The van der Waals surface area contributed by atoms with Crippen LogP contribution in [0.1, 0.15) is 27.2 Å². The van der Waals surface area contributed by atoms with Crippen LogP contribution in [0.4, 0.5) is 5.69 Å². The Balaban J connectivity index is 2.15.